The molecule has 0 aliphatic carbocycles. The van der Waals surface area contributed by atoms with Gasteiger partial charge in [0.2, 0.25) is 5.91 Å². The summed E-state index contributed by atoms with van der Waals surface area (Å²) in [5.74, 6) is -1.30. The topological polar surface area (TPSA) is 110 Å². The molecule has 9 heteroatoms. The number of fused-ring (bicyclic) bond motifs is 1. The van der Waals surface area contributed by atoms with Gasteiger partial charge in [-0.15, -0.1) is 0 Å². The minimum absolute atomic E-state index is 0.0924. The average molecular weight is 454 g/mol. The standard InChI is InChI=1S/C23H20ClN3O5/c24-15-7-5-14(6-8-15)18-11-9-16(10-12-22(29)30)27(18)26-21(28)13-20-23(31)25-17-3-1-2-4-19(17)32-20/h1-9,11,20H,10,12-13H2,(H,25,31)(H,26,28)(H,29,30)/t20-/m0/s1. The molecule has 2 aromatic carbocycles. The first-order valence-corrected chi connectivity index (χ1v) is 10.3. The average Bonchev–Trinajstić information content (AvgIpc) is 3.15. The molecule has 0 unspecified atom stereocenters. The maximum atomic E-state index is 12.8. The summed E-state index contributed by atoms with van der Waals surface area (Å²) in [6.45, 7) is 0. The number of aliphatic carboxylic acids is 1. The molecule has 0 fully saturated rings. The van der Waals surface area contributed by atoms with E-state index in [1.54, 1.807) is 65.3 Å². The lowest BCUT2D eigenvalue weighted by molar-refractivity contribution is -0.137. The van der Waals surface area contributed by atoms with E-state index in [9.17, 15) is 14.4 Å². The number of carboxylic acids is 1. The fourth-order valence-corrected chi connectivity index (χ4v) is 3.58. The summed E-state index contributed by atoms with van der Waals surface area (Å²) in [6, 6.07) is 17.6. The number of nitrogens with one attached hydrogen (secondary N) is 2. The van der Waals surface area contributed by atoms with Gasteiger partial charge in [-0.25, -0.2) is 0 Å². The van der Waals surface area contributed by atoms with Crippen LogP contribution in [0.25, 0.3) is 11.3 Å². The van der Waals surface area contributed by atoms with Crippen molar-refractivity contribution in [3.05, 3.63) is 71.4 Å². The highest BCUT2D eigenvalue weighted by molar-refractivity contribution is 6.30. The van der Waals surface area contributed by atoms with Crippen LogP contribution in [0.3, 0.4) is 0 Å². The van der Waals surface area contributed by atoms with Gasteiger partial charge >= 0.3 is 5.97 Å². The minimum Gasteiger partial charge on any atom is -0.481 e. The number of aromatic nitrogens is 1. The van der Waals surface area contributed by atoms with Gasteiger partial charge in [-0.05, 0) is 36.4 Å². The monoisotopic (exact) mass is 453 g/mol. The molecule has 1 aliphatic rings. The Balaban J connectivity index is 1.54. The number of rotatable bonds is 7. The van der Waals surface area contributed by atoms with Crippen LogP contribution in [0.4, 0.5) is 5.69 Å². The molecule has 2 heterocycles. The molecule has 3 aromatic rings. The van der Waals surface area contributed by atoms with Crippen molar-refractivity contribution in [2.45, 2.75) is 25.4 Å². The van der Waals surface area contributed by atoms with Crippen molar-refractivity contribution in [1.82, 2.24) is 4.68 Å². The Bertz CT molecular complexity index is 1170. The third-order valence-electron chi connectivity index (χ3n) is 5.01. The quantitative estimate of drug-likeness (QED) is 0.505. The van der Waals surface area contributed by atoms with E-state index in [0.29, 0.717) is 27.8 Å². The van der Waals surface area contributed by atoms with E-state index in [4.69, 9.17) is 21.4 Å². The number of benzene rings is 2. The van der Waals surface area contributed by atoms with Crippen LogP contribution < -0.4 is 15.5 Å². The van der Waals surface area contributed by atoms with Crippen molar-refractivity contribution in [2.75, 3.05) is 10.7 Å². The number of hydrogen-bond donors (Lipinski definition) is 3. The van der Waals surface area contributed by atoms with Crippen LogP contribution in [0, 0.1) is 0 Å². The second-order valence-corrected chi connectivity index (χ2v) is 7.71. The van der Waals surface area contributed by atoms with Crippen molar-refractivity contribution in [1.29, 1.82) is 0 Å². The molecule has 1 atom stereocenters. The fourth-order valence-electron chi connectivity index (χ4n) is 3.45. The van der Waals surface area contributed by atoms with E-state index < -0.39 is 23.9 Å². The molecule has 0 bridgehead atoms. The van der Waals surface area contributed by atoms with E-state index in [1.165, 1.54) is 0 Å². The zero-order valence-electron chi connectivity index (χ0n) is 16.9. The molecule has 8 nitrogen and oxygen atoms in total. The van der Waals surface area contributed by atoms with Gasteiger partial charge in [-0.1, -0.05) is 35.9 Å². The maximum Gasteiger partial charge on any atom is 0.303 e. The van der Waals surface area contributed by atoms with Gasteiger partial charge in [0.15, 0.2) is 6.10 Å². The predicted octanol–water partition coefficient (Wildman–Crippen LogP) is 3.69. The van der Waals surface area contributed by atoms with Crippen LogP contribution >= 0.6 is 11.6 Å². The second kappa shape index (κ2) is 9.15. The molecular formula is C23H20ClN3O5. The molecular weight excluding hydrogens is 434 g/mol. The van der Waals surface area contributed by atoms with Crippen LogP contribution in [0.2, 0.25) is 5.02 Å². The SMILES string of the molecule is O=C(O)CCc1ccc(-c2ccc(Cl)cc2)n1NC(=O)C[C@@H]1Oc2ccccc2NC1=O. The van der Waals surface area contributed by atoms with Gasteiger partial charge in [0.25, 0.3) is 5.91 Å². The summed E-state index contributed by atoms with van der Waals surface area (Å²) in [6.07, 6.45) is -1.07. The van der Waals surface area contributed by atoms with Crippen molar-refractivity contribution in [2.24, 2.45) is 0 Å². The number of halogens is 1. The van der Waals surface area contributed by atoms with Crippen LogP contribution in [0.1, 0.15) is 18.5 Å². The molecule has 0 radical (unpaired) electrons. The number of carbonyl (C=O) groups is 3. The van der Waals surface area contributed by atoms with Crippen LogP contribution in [0.15, 0.2) is 60.7 Å². The van der Waals surface area contributed by atoms with E-state index in [0.717, 1.165) is 5.56 Å². The first-order chi connectivity index (χ1) is 15.4. The van der Waals surface area contributed by atoms with E-state index >= 15 is 0 Å². The van der Waals surface area contributed by atoms with Crippen molar-refractivity contribution >= 4 is 35.1 Å². The van der Waals surface area contributed by atoms with Crippen molar-refractivity contribution < 1.29 is 24.2 Å². The lowest BCUT2D eigenvalue weighted by atomic mass is 10.1. The number of carbonyl (C=O) groups excluding carboxylic acids is 2. The number of amides is 2. The molecule has 2 amide bonds. The van der Waals surface area contributed by atoms with Crippen LogP contribution in [-0.4, -0.2) is 33.7 Å². The summed E-state index contributed by atoms with van der Waals surface area (Å²) in [4.78, 5) is 36.2. The third-order valence-corrected chi connectivity index (χ3v) is 5.26. The van der Waals surface area contributed by atoms with Gasteiger partial charge in [-0.3, -0.25) is 24.5 Å². The normalized spacial score (nSPS) is 14.8. The highest BCUT2D eigenvalue weighted by atomic mass is 35.5. The van der Waals surface area contributed by atoms with Gasteiger partial charge in [-0.2, -0.15) is 0 Å². The summed E-state index contributed by atoms with van der Waals surface area (Å²) >= 11 is 5.98. The summed E-state index contributed by atoms with van der Waals surface area (Å²) < 4.78 is 7.24. The number of para-hydroxylation sites is 2. The Hall–Kier alpha value is -3.78. The minimum atomic E-state index is -0.984. The molecule has 4 rings (SSSR count). The van der Waals surface area contributed by atoms with Gasteiger partial charge in [0.1, 0.15) is 5.75 Å². The van der Waals surface area contributed by atoms with E-state index in [2.05, 4.69) is 10.7 Å². The summed E-state index contributed by atoms with van der Waals surface area (Å²) in [7, 11) is 0. The Morgan fingerprint density at radius 2 is 1.84 bits per heavy atom. The van der Waals surface area contributed by atoms with Gasteiger partial charge in [0, 0.05) is 22.7 Å². The third kappa shape index (κ3) is 4.76. The largest absolute Gasteiger partial charge is 0.481 e. The number of carboxylic acid groups (broad SMARTS) is 1. The molecule has 0 spiro atoms. The Kier molecular flexibility index (Phi) is 6.13. The number of hydrogen-bond acceptors (Lipinski definition) is 4. The summed E-state index contributed by atoms with van der Waals surface area (Å²) in [5, 5.41) is 12.4. The van der Waals surface area contributed by atoms with Crippen molar-refractivity contribution in [3.63, 3.8) is 0 Å². The molecule has 164 valence electrons. The lowest BCUT2D eigenvalue weighted by Gasteiger charge is -2.25. The molecule has 1 aliphatic heterocycles. The molecule has 0 saturated carbocycles. The number of anilines is 1. The van der Waals surface area contributed by atoms with E-state index in [1.807, 2.05) is 0 Å². The van der Waals surface area contributed by atoms with Gasteiger partial charge < -0.3 is 15.2 Å². The number of ether oxygens (including phenoxy) is 1. The highest BCUT2D eigenvalue weighted by Crippen LogP contribution is 2.30. The number of nitrogens with zero attached hydrogens (tertiary/aromatic N) is 1. The Labute approximate surface area is 188 Å². The van der Waals surface area contributed by atoms with Crippen molar-refractivity contribution in [3.8, 4) is 17.0 Å². The molecule has 32 heavy (non-hydrogen) atoms. The number of aryl methyl sites for hydroxylation is 1. The van der Waals surface area contributed by atoms with Crippen LogP contribution in [0.5, 0.6) is 5.75 Å². The summed E-state index contributed by atoms with van der Waals surface area (Å²) in [5.41, 5.74) is 5.40. The van der Waals surface area contributed by atoms with Crippen LogP contribution in [-0.2, 0) is 20.8 Å². The molecule has 1 aromatic heterocycles. The smallest absolute Gasteiger partial charge is 0.303 e. The molecule has 3 N–H and O–H groups in total. The zero-order chi connectivity index (χ0) is 22.7. The van der Waals surface area contributed by atoms with Gasteiger partial charge in [0.05, 0.1) is 24.2 Å². The highest BCUT2D eigenvalue weighted by Gasteiger charge is 2.30. The van der Waals surface area contributed by atoms with E-state index in [-0.39, 0.29) is 19.3 Å². The second-order valence-electron chi connectivity index (χ2n) is 7.28. The first-order valence-electron chi connectivity index (χ1n) is 9.95. The Morgan fingerprint density at radius 1 is 1.09 bits per heavy atom. The predicted molar refractivity (Wildman–Crippen MR) is 119 cm³/mol. The fraction of sp³-hybridized carbons (Fsp3) is 0.174. The molecule has 0 saturated heterocycles. The Morgan fingerprint density at radius 3 is 2.59 bits per heavy atom. The first kappa shape index (κ1) is 21.5. The zero-order valence-corrected chi connectivity index (χ0v) is 17.6. The maximum absolute atomic E-state index is 12.8. The lowest BCUT2D eigenvalue weighted by Crippen LogP contribution is -2.40.